The van der Waals surface area contributed by atoms with Gasteiger partial charge in [0.1, 0.15) is 5.69 Å². The molecule has 0 spiro atoms. The summed E-state index contributed by atoms with van der Waals surface area (Å²) in [5, 5.41) is 5.95. The number of hydroxylamine groups is 2. The van der Waals surface area contributed by atoms with E-state index < -0.39 is 0 Å². The Kier molecular flexibility index (Phi) is 4.81. The Morgan fingerprint density at radius 2 is 2.05 bits per heavy atom. The van der Waals surface area contributed by atoms with Crippen molar-refractivity contribution in [3.63, 3.8) is 0 Å². The van der Waals surface area contributed by atoms with Gasteiger partial charge in [0.25, 0.3) is 5.91 Å². The van der Waals surface area contributed by atoms with Crippen LogP contribution in [0.4, 0.5) is 0 Å². The van der Waals surface area contributed by atoms with Crippen LogP contribution in [0.15, 0.2) is 6.07 Å². The Hall–Kier alpha value is -1.36. The van der Waals surface area contributed by atoms with Crippen LogP contribution >= 0.6 is 0 Å². The molecular weight excluding hydrogens is 254 g/mol. The topological polar surface area (TPSA) is 47.4 Å². The van der Waals surface area contributed by atoms with Crippen LogP contribution in [-0.2, 0) is 4.84 Å². The van der Waals surface area contributed by atoms with Gasteiger partial charge in [-0.1, -0.05) is 33.1 Å². The number of hydrogen-bond donors (Lipinski definition) is 0. The summed E-state index contributed by atoms with van der Waals surface area (Å²) in [6, 6.07) is 2.26. The summed E-state index contributed by atoms with van der Waals surface area (Å²) in [5.41, 5.74) is 1.62. The second kappa shape index (κ2) is 6.39. The van der Waals surface area contributed by atoms with Gasteiger partial charge in [0, 0.05) is 7.05 Å². The molecule has 112 valence electrons. The van der Waals surface area contributed by atoms with Crippen LogP contribution in [-0.4, -0.2) is 34.9 Å². The van der Waals surface area contributed by atoms with Gasteiger partial charge in [-0.05, 0) is 24.8 Å². The van der Waals surface area contributed by atoms with Crippen molar-refractivity contribution in [1.82, 2.24) is 14.8 Å². The predicted molar refractivity (Wildman–Crippen MR) is 77.5 cm³/mol. The zero-order chi connectivity index (χ0) is 14.7. The van der Waals surface area contributed by atoms with E-state index in [1.54, 1.807) is 7.05 Å². The minimum Gasteiger partial charge on any atom is -0.274 e. The van der Waals surface area contributed by atoms with Crippen LogP contribution in [0.25, 0.3) is 0 Å². The summed E-state index contributed by atoms with van der Waals surface area (Å²) in [6.07, 6.45) is 5.94. The summed E-state index contributed by atoms with van der Waals surface area (Å²) in [5.74, 6) is 0.191. The molecule has 1 aromatic rings. The molecule has 0 unspecified atom stereocenters. The van der Waals surface area contributed by atoms with Crippen LogP contribution < -0.4 is 0 Å². The molecule has 0 aromatic carbocycles. The fourth-order valence-corrected chi connectivity index (χ4v) is 2.70. The average Bonchev–Trinajstić information content (AvgIpc) is 2.92. The third-order valence-corrected chi connectivity index (χ3v) is 4.05. The van der Waals surface area contributed by atoms with Crippen LogP contribution in [0.5, 0.6) is 0 Å². The summed E-state index contributed by atoms with van der Waals surface area (Å²) < 4.78 is 1.94. The van der Waals surface area contributed by atoms with Crippen molar-refractivity contribution in [2.75, 3.05) is 14.2 Å². The Labute approximate surface area is 120 Å². The van der Waals surface area contributed by atoms with E-state index in [1.807, 2.05) is 10.7 Å². The molecule has 20 heavy (non-hydrogen) atoms. The molecule has 2 rings (SSSR count). The molecule has 1 amide bonds. The molecule has 1 aliphatic carbocycles. The molecule has 0 N–H and O–H groups in total. The quantitative estimate of drug-likeness (QED) is 0.795. The molecule has 1 aliphatic rings. The van der Waals surface area contributed by atoms with Crippen LogP contribution in [0.2, 0.25) is 0 Å². The lowest BCUT2D eigenvalue weighted by Crippen LogP contribution is -2.29. The van der Waals surface area contributed by atoms with Crippen LogP contribution in [0, 0.1) is 0 Å². The van der Waals surface area contributed by atoms with Gasteiger partial charge in [-0.15, -0.1) is 0 Å². The number of aromatic nitrogens is 2. The van der Waals surface area contributed by atoms with Crippen LogP contribution in [0.1, 0.15) is 74.1 Å². The molecule has 1 heterocycles. The predicted octanol–water partition coefficient (Wildman–Crippen LogP) is 3.15. The van der Waals surface area contributed by atoms with Crippen molar-refractivity contribution in [2.45, 2.75) is 57.9 Å². The van der Waals surface area contributed by atoms with E-state index in [0.29, 0.717) is 17.7 Å². The van der Waals surface area contributed by atoms with Crippen molar-refractivity contribution in [2.24, 2.45) is 0 Å². The van der Waals surface area contributed by atoms with Crippen molar-refractivity contribution < 1.29 is 9.63 Å². The second-order valence-corrected chi connectivity index (χ2v) is 5.83. The highest BCUT2D eigenvalue weighted by molar-refractivity contribution is 5.91. The third-order valence-electron chi connectivity index (χ3n) is 4.05. The highest BCUT2D eigenvalue weighted by atomic mass is 16.7. The number of nitrogens with zero attached hydrogens (tertiary/aromatic N) is 3. The molecule has 5 nitrogen and oxygen atoms in total. The number of rotatable bonds is 4. The summed E-state index contributed by atoms with van der Waals surface area (Å²) >= 11 is 0. The molecule has 0 saturated heterocycles. The maximum Gasteiger partial charge on any atom is 0.295 e. The summed E-state index contributed by atoms with van der Waals surface area (Å²) in [7, 11) is 3.14. The van der Waals surface area contributed by atoms with Gasteiger partial charge < -0.3 is 0 Å². The van der Waals surface area contributed by atoms with Crippen molar-refractivity contribution in [3.05, 3.63) is 17.5 Å². The van der Waals surface area contributed by atoms with E-state index in [9.17, 15) is 4.79 Å². The van der Waals surface area contributed by atoms with Gasteiger partial charge in [-0.3, -0.25) is 14.3 Å². The first-order chi connectivity index (χ1) is 9.54. The first kappa shape index (κ1) is 15.0. The molecule has 1 saturated carbocycles. The van der Waals surface area contributed by atoms with E-state index in [1.165, 1.54) is 31.4 Å². The zero-order valence-electron chi connectivity index (χ0n) is 12.9. The standard InChI is InChI=1S/C15H25N3O2/c1-11(2)13-10-14(15(19)17(3)20-4)18(16-13)12-8-6-5-7-9-12/h10-12H,5-9H2,1-4H3. The van der Waals surface area contributed by atoms with Gasteiger partial charge in [0.05, 0.1) is 18.8 Å². The lowest BCUT2D eigenvalue weighted by Gasteiger charge is -2.24. The minimum absolute atomic E-state index is 0.127. The summed E-state index contributed by atoms with van der Waals surface area (Å²) in [6.45, 7) is 4.20. The number of hydrogen-bond acceptors (Lipinski definition) is 3. The fourth-order valence-electron chi connectivity index (χ4n) is 2.70. The van der Waals surface area contributed by atoms with Gasteiger partial charge in [0.2, 0.25) is 0 Å². The average molecular weight is 279 g/mol. The second-order valence-electron chi connectivity index (χ2n) is 5.83. The maximum absolute atomic E-state index is 12.4. The van der Waals surface area contributed by atoms with Crippen LogP contribution in [0.3, 0.4) is 0 Å². The fraction of sp³-hybridized carbons (Fsp3) is 0.733. The Morgan fingerprint density at radius 1 is 1.40 bits per heavy atom. The molecule has 0 aliphatic heterocycles. The molecule has 5 heteroatoms. The maximum atomic E-state index is 12.4. The van der Waals surface area contributed by atoms with Gasteiger partial charge in [0.15, 0.2) is 0 Å². The van der Waals surface area contributed by atoms with Gasteiger partial charge in [-0.25, -0.2) is 5.06 Å². The molecule has 1 fully saturated rings. The first-order valence-corrected chi connectivity index (χ1v) is 7.46. The monoisotopic (exact) mass is 279 g/mol. The van der Waals surface area contributed by atoms with E-state index in [2.05, 4.69) is 18.9 Å². The molecule has 0 radical (unpaired) electrons. The largest absolute Gasteiger partial charge is 0.295 e. The SMILES string of the molecule is CON(C)C(=O)c1cc(C(C)C)nn1C1CCCCC1. The third kappa shape index (κ3) is 3.03. The molecular formula is C15H25N3O2. The lowest BCUT2D eigenvalue weighted by molar-refractivity contribution is -0.0765. The minimum atomic E-state index is -0.127. The zero-order valence-corrected chi connectivity index (χ0v) is 12.9. The van der Waals surface area contributed by atoms with Crippen molar-refractivity contribution in [3.8, 4) is 0 Å². The molecule has 0 atom stereocenters. The molecule has 0 bridgehead atoms. The lowest BCUT2D eigenvalue weighted by atomic mass is 9.95. The van der Waals surface area contributed by atoms with Crippen molar-refractivity contribution >= 4 is 5.91 Å². The van der Waals surface area contributed by atoms with E-state index in [-0.39, 0.29) is 5.91 Å². The number of amides is 1. The van der Waals surface area contributed by atoms with Crippen molar-refractivity contribution in [1.29, 1.82) is 0 Å². The Morgan fingerprint density at radius 3 is 2.60 bits per heavy atom. The van der Waals surface area contributed by atoms with E-state index >= 15 is 0 Å². The van der Waals surface area contributed by atoms with Gasteiger partial charge >= 0.3 is 0 Å². The van der Waals surface area contributed by atoms with E-state index in [4.69, 9.17) is 4.84 Å². The van der Waals surface area contributed by atoms with Gasteiger partial charge in [-0.2, -0.15) is 5.10 Å². The first-order valence-electron chi connectivity index (χ1n) is 7.46. The smallest absolute Gasteiger partial charge is 0.274 e. The Balaban J connectivity index is 2.34. The highest BCUT2D eigenvalue weighted by Gasteiger charge is 2.25. The number of carbonyl (C=O) groups is 1. The highest BCUT2D eigenvalue weighted by Crippen LogP contribution is 2.30. The number of carbonyl (C=O) groups excluding carboxylic acids is 1. The van der Waals surface area contributed by atoms with E-state index in [0.717, 1.165) is 18.5 Å². The normalized spacial score (nSPS) is 16.6. The Bertz CT molecular complexity index is 462. The molecule has 1 aromatic heterocycles. The summed E-state index contributed by atoms with van der Waals surface area (Å²) in [4.78, 5) is 17.4.